The lowest BCUT2D eigenvalue weighted by molar-refractivity contribution is 0.117. The average molecular weight is 375 g/mol. The van der Waals surface area contributed by atoms with Crippen molar-refractivity contribution in [1.82, 2.24) is 4.90 Å². The molecule has 2 N–H and O–H groups in total. The topological polar surface area (TPSA) is 77.8 Å². The van der Waals surface area contributed by atoms with Crippen molar-refractivity contribution in [2.75, 3.05) is 19.6 Å². The predicted molar refractivity (Wildman–Crippen MR) is 101 cm³/mol. The van der Waals surface area contributed by atoms with Gasteiger partial charge in [0.25, 0.3) is 0 Å². The molecular formula is C20H25NO4S. The van der Waals surface area contributed by atoms with Gasteiger partial charge in [0, 0.05) is 13.1 Å². The number of nitrogens with zero attached hydrogens (tertiary/aromatic N) is 1. The van der Waals surface area contributed by atoms with Gasteiger partial charge in [-0.1, -0.05) is 30.3 Å². The molecule has 0 radical (unpaired) electrons. The molecule has 1 aliphatic heterocycles. The van der Waals surface area contributed by atoms with E-state index in [2.05, 4.69) is 0 Å². The van der Waals surface area contributed by atoms with E-state index in [4.69, 9.17) is 0 Å². The number of rotatable bonds is 7. The summed E-state index contributed by atoms with van der Waals surface area (Å²) in [6.07, 6.45) is 1.57. The summed E-state index contributed by atoms with van der Waals surface area (Å²) >= 11 is 0. The molecule has 1 heterocycles. The van der Waals surface area contributed by atoms with Gasteiger partial charge in [0.15, 0.2) is 9.84 Å². The number of aliphatic hydroxyl groups excluding tert-OH is 1. The van der Waals surface area contributed by atoms with Crippen LogP contribution in [0.25, 0.3) is 0 Å². The number of sulfone groups is 1. The Hall–Kier alpha value is -1.89. The lowest BCUT2D eigenvalue weighted by Crippen LogP contribution is -2.33. The maximum atomic E-state index is 12.7. The lowest BCUT2D eigenvalue weighted by Gasteiger charge is -2.20. The molecule has 1 fully saturated rings. The average Bonchev–Trinajstić information content (AvgIpc) is 3.10. The van der Waals surface area contributed by atoms with Crippen LogP contribution < -0.4 is 0 Å². The highest BCUT2D eigenvalue weighted by atomic mass is 32.2. The molecule has 0 bridgehead atoms. The van der Waals surface area contributed by atoms with Crippen molar-refractivity contribution in [2.45, 2.75) is 35.5 Å². The summed E-state index contributed by atoms with van der Waals surface area (Å²) in [4.78, 5) is 2.27. The number of benzene rings is 2. The second kappa shape index (κ2) is 8.20. The van der Waals surface area contributed by atoms with E-state index in [9.17, 15) is 18.6 Å². The summed E-state index contributed by atoms with van der Waals surface area (Å²) in [7, 11) is -3.41. The Morgan fingerprint density at radius 2 is 1.77 bits per heavy atom. The van der Waals surface area contributed by atoms with Crippen LogP contribution in [0, 0.1) is 0 Å². The first-order valence-corrected chi connectivity index (χ1v) is 10.5. The van der Waals surface area contributed by atoms with E-state index in [0.717, 1.165) is 6.42 Å². The van der Waals surface area contributed by atoms with Crippen molar-refractivity contribution in [1.29, 1.82) is 0 Å². The molecule has 1 saturated heterocycles. The summed E-state index contributed by atoms with van der Waals surface area (Å²) in [6, 6.07) is 15.7. The summed E-state index contributed by atoms with van der Waals surface area (Å²) in [6.45, 7) is 1.60. The van der Waals surface area contributed by atoms with Gasteiger partial charge in [-0.05, 0) is 55.6 Å². The molecule has 0 aromatic heterocycles. The van der Waals surface area contributed by atoms with Crippen molar-refractivity contribution < 1.29 is 18.6 Å². The van der Waals surface area contributed by atoms with Crippen molar-refractivity contribution >= 4 is 9.84 Å². The van der Waals surface area contributed by atoms with Gasteiger partial charge in [-0.2, -0.15) is 0 Å². The highest BCUT2D eigenvalue weighted by molar-refractivity contribution is 7.92. The van der Waals surface area contributed by atoms with Gasteiger partial charge in [0.05, 0.1) is 16.2 Å². The summed E-state index contributed by atoms with van der Waals surface area (Å²) in [5, 5.41) is 19.2. The third-order valence-corrected chi connectivity index (χ3v) is 7.10. The van der Waals surface area contributed by atoms with Crippen molar-refractivity contribution in [3.8, 4) is 5.75 Å². The number of aryl methyl sites for hydroxylation is 1. The Morgan fingerprint density at radius 1 is 1.08 bits per heavy atom. The van der Waals surface area contributed by atoms with E-state index >= 15 is 0 Å². The minimum atomic E-state index is -3.41. The number of aromatic hydroxyl groups is 1. The molecule has 2 aromatic rings. The molecule has 140 valence electrons. The highest BCUT2D eigenvalue weighted by Gasteiger charge is 2.34. The summed E-state index contributed by atoms with van der Waals surface area (Å²) in [5.74, 6) is 0.0542. The molecule has 0 aliphatic carbocycles. The van der Waals surface area contributed by atoms with E-state index in [1.54, 1.807) is 0 Å². The molecule has 0 saturated carbocycles. The maximum Gasteiger partial charge on any atom is 0.182 e. The Morgan fingerprint density at radius 3 is 2.46 bits per heavy atom. The Kier molecular flexibility index (Phi) is 5.96. The predicted octanol–water partition coefficient (Wildman–Crippen LogP) is 2.23. The van der Waals surface area contributed by atoms with Gasteiger partial charge in [-0.15, -0.1) is 0 Å². The van der Waals surface area contributed by atoms with Crippen molar-refractivity contribution in [3.63, 3.8) is 0 Å². The van der Waals surface area contributed by atoms with E-state index in [0.29, 0.717) is 32.5 Å². The number of hydrogen-bond acceptors (Lipinski definition) is 5. The quantitative estimate of drug-likeness (QED) is 0.776. The van der Waals surface area contributed by atoms with Crippen LogP contribution >= 0.6 is 0 Å². The van der Waals surface area contributed by atoms with Crippen LogP contribution in [-0.4, -0.2) is 54.5 Å². The van der Waals surface area contributed by atoms with Crippen LogP contribution in [0.3, 0.4) is 0 Å². The van der Waals surface area contributed by atoms with Crippen LogP contribution in [0.5, 0.6) is 5.75 Å². The third kappa shape index (κ3) is 4.63. The van der Waals surface area contributed by atoms with Gasteiger partial charge in [-0.25, -0.2) is 8.42 Å². The molecule has 0 spiro atoms. The Balaban J connectivity index is 1.52. The fraction of sp³-hybridized carbons (Fsp3) is 0.400. The summed E-state index contributed by atoms with van der Waals surface area (Å²) in [5.41, 5.74) is 1.20. The fourth-order valence-electron chi connectivity index (χ4n) is 3.41. The molecule has 2 aromatic carbocycles. The highest BCUT2D eigenvalue weighted by Crippen LogP contribution is 2.25. The van der Waals surface area contributed by atoms with Crippen LogP contribution in [0.1, 0.15) is 18.4 Å². The van der Waals surface area contributed by atoms with E-state index in [-0.39, 0.29) is 10.6 Å². The molecule has 5 nitrogen and oxygen atoms in total. The summed E-state index contributed by atoms with van der Waals surface area (Å²) < 4.78 is 25.4. The number of phenolic OH excluding ortho intramolecular Hbond substituents is 1. The normalized spacial score (nSPS) is 19.5. The SMILES string of the molecule is O=S(=O)(c1ccc(O)cc1)[C@@H]1CCN(C[C@@H](O)CCc2ccccc2)C1. The minimum Gasteiger partial charge on any atom is -0.508 e. The zero-order valence-electron chi connectivity index (χ0n) is 14.7. The minimum absolute atomic E-state index is 0.0542. The first-order valence-electron chi connectivity index (χ1n) is 8.92. The van der Waals surface area contributed by atoms with Crippen molar-refractivity contribution in [2.24, 2.45) is 0 Å². The van der Waals surface area contributed by atoms with Gasteiger partial charge >= 0.3 is 0 Å². The number of hydrogen-bond donors (Lipinski definition) is 2. The van der Waals surface area contributed by atoms with Gasteiger partial charge in [0.1, 0.15) is 5.75 Å². The number of phenols is 1. The van der Waals surface area contributed by atoms with E-state index in [1.807, 2.05) is 35.2 Å². The van der Waals surface area contributed by atoms with E-state index in [1.165, 1.54) is 29.8 Å². The number of likely N-dealkylation sites (tertiary alicyclic amines) is 1. The smallest absolute Gasteiger partial charge is 0.182 e. The van der Waals surface area contributed by atoms with Gasteiger partial charge in [-0.3, -0.25) is 4.90 Å². The van der Waals surface area contributed by atoms with Crippen molar-refractivity contribution in [3.05, 3.63) is 60.2 Å². The molecule has 6 heteroatoms. The Labute approximate surface area is 154 Å². The molecule has 3 rings (SSSR count). The molecule has 0 unspecified atom stereocenters. The largest absolute Gasteiger partial charge is 0.508 e. The molecule has 26 heavy (non-hydrogen) atoms. The zero-order chi connectivity index (χ0) is 18.6. The van der Waals surface area contributed by atoms with Crippen LogP contribution in [-0.2, 0) is 16.3 Å². The number of β-amino-alcohol motifs (C(OH)–C–C–N with tert-alkyl or cyclic N) is 1. The zero-order valence-corrected chi connectivity index (χ0v) is 15.5. The molecule has 2 atom stereocenters. The second-order valence-electron chi connectivity index (χ2n) is 6.89. The van der Waals surface area contributed by atoms with Crippen LogP contribution in [0.4, 0.5) is 0 Å². The Bertz CT molecular complexity index is 805. The second-order valence-corrected chi connectivity index (χ2v) is 9.12. The van der Waals surface area contributed by atoms with Gasteiger partial charge < -0.3 is 10.2 Å². The monoisotopic (exact) mass is 375 g/mol. The molecule has 0 amide bonds. The van der Waals surface area contributed by atoms with Gasteiger partial charge in [0.2, 0.25) is 0 Å². The standard InChI is InChI=1S/C20H25NO4S/c22-17-8-10-19(11-9-17)26(24,25)20-12-13-21(15-20)14-18(23)7-6-16-4-2-1-3-5-16/h1-5,8-11,18,20,22-23H,6-7,12-15H2/t18-,20+/m0/s1. The lowest BCUT2D eigenvalue weighted by atomic mass is 10.1. The first kappa shape index (κ1) is 18.9. The first-order chi connectivity index (χ1) is 12.4. The van der Waals surface area contributed by atoms with E-state index < -0.39 is 21.2 Å². The maximum absolute atomic E-state index is 12.7. The molecular weight excluding hydrogens is 350 g/mol. The van der Waals surface area contributed by atoms with Crippen LogP contribution in [0.15, 0.2) is 59.5 Å². The fourth-order valence-corrected chi connectivity index (χ4v) is 5.13. The third-order valence-electron chi connectivity index (χ3n) is 4.91. The van der Waals surface area contributed by atoms with Crippen LogP contribution in [0.2, 0.25) is 0 Å². The number of aliphatic hydroxyl groups is 1. The molecule has 1 aliphatic rings.